The summed E-state index contributed by atoms with van der Waals surface area (Å²) >= 11 is 0. The predicted molar refractivity (Wildman–Crippen MR) is 76.1 cm³/mol. The molecule has 4 nitrogen and oxygen atoms in total. The van der Waals surface area contributed by atoms with Crippen molar-refractivity contribution in [2.24, 2.45) is 0 Å². The minimum absolute atomic E-state index is 0.0901. The molecule has 0 unspecified atom stereocenters. The Morgan fingerprint density at radius 2 is 2.00 bits per heavy atom. The normalized spacial score (nSPS) is 14.9. The summed E-state index contributed by atoms with van der Waals surface area (Å²) in [5.74, 6) is 0. The lowest BCUT2D eigenvalue weighted by Crippen LogP contribution is -2.37. The summed E-state index contributed by atoms with van der Waals surface area (Å²) < 4.78 is 5.28. The highest BCUT2D eigenvalue weighted by Gasteiger charge is 2.12. The minimum atomic E-state index is -0.0901. The Kier molecular flexibility index (Phi) is 4.98. The third-order valence-corrected chi connectivity index (χ3v) is 3.16. The molecule has 0 bridgehead atoms. The molecule has 1 saturated heterocycles. The summed E-state index contributed by atoms with van der Waals surface area (Å²) in [7, 11) is 0. The number of ether oxygens (including phenoxy) is 1. The van der Waals surface area contributed by atoms with Crippen molar-refractivity contribution in [1.82, 2.24) is 5.32 Å². The van der Waals surface area contributed by atoms with Gasteiger partial charge >= 0.3 is 6.03 Å². The molecule has 0 aliphatic carbocycles. The minimum Gasteiger partial charge on any atom is -0.381 e. The van der Waals surface area contributed by atoms with Crippen LogP contribution in [0.25, 0.3) is 0 Å². The highest BCUT2D eigenvalue weighted by molar-refractivity contribution is 5.92. The summed E-state index contributed by atoms with van der Waals surface area (Å²) in [6, 6.07) is 9.59. The molecule has 0 saturated carbocycles. The molecule has 2 rings (SSSR count). The molecule has 0 aromatic heterocycles. The van der Waals surface area contributed by atoms with Crippen LogP contribution in [-0.4, -0.2) is 25.8 Å². The molecular formula is C15H20N2O2. The van der Waals surface area contributed by atoms with E-state index in [4.69, 9.17) is 4.74 Å². The van der Waals surface area contributed by atoms with Gasteiger partial charge in [-0.05, 0) is 37.5 Å². The van der Waals surface area contributed by atoms with Gasteiger partial charge in [0.1, 0.15) is 0 Å². The number of urea groups is 1. The van der Waals surface area contributed by atoms with E-state index in [1.807, 2.05) is 43.5 Å². The lowest BCUT2D eigenvalue weighted by atomic mass is 10.1. The third kappa shape index (κ3) is 3.83. The average Bonchev–Trinajstić information content (AvgIpc) is 2.48. The van der Waals surface area contributed by atoms with Crippen molar-refractivity contribution in [3.8, 4) is 0 Å². The highest BCUT2D eigenvalue weighted by atomic mass is 16.5. The fourth-order valence-electron chi connectivity index (χ4n) is 2.07. The first-order valence-corrected chi connectivity index (χ1v) is 6.70. The van der Waals surface area contributed by atoms with E-state index in [2.05, 4.69) is 5.32 Å². The van der Waals surface area contributed by atoms with E-state index in [0.717, 1.165) is 31.7 Å². The van der Waals surface area contributed by atoms with Crippen LogP contribution >= 0.6 is 0 Å². The van der Waals surface area contributed by atoms with E-state index in [0.29, 0.717) is 6.54 Å². The van der Waals surface area contributed by atoms with Gasteiger partial charge in [-0.2, -0.15) is 0 Å². The first-order chi connectivity index (χ1) is 9.31. The van der Waals surface area contributed by atoms with E-state index < -0.39 is 0 Å². The van der Waals surface area contributed by atoms with Gasteiger partial charge in [-0.25, -0.2) is 4.79 Å². The van der Waals surface area contributed by atoms with Crippen LogP contribution in [0.15, 0.2) is 42.1 Å². The van der Waals surface area contributed by atoms with Gasteiger partial charge in [0, 0.05) is 18.4 Å². The number of hydrogen-bond donors (Lipinski definition) is 1. The molecule has 1 N–H and O–H groups in total. The molecule has 1 heterocycles. The zero-order valence-corrected chi connectivity index (χ0v) is 11.3. The van der Waals surface area contributed by atoms with E-state index in [1.165, 1.54) is 5.57 Å². The number of carbonyl (C=O) groups is 1. The fourth-order valence-corrected chi connectivity index (χ4v) is 2.07. The summed E-state index contributed by atoms with van der Waals surface area (Å²) in [6.45, 7) is 4.10. The summed E-state index contributed by atoms with van der Waals surface area (Å²) in [5, 5.41) is 2.87. The number of nitrogens with zero attached hydrogens (tertiary/aromatic N) is 1. The van der Waals surface area contributed by atoms with Crippen molar-refractivity contribution in [2.75, 3.05) is 24.7 Å². The molecule has 1 aliphatic heterocycles. The average molecular weight is 260 g/mol. The summed E-state index contributed by atoms with van der Waals surface area (Å²) in [4.78, 5) is 13.9. The van der Waals surface area contributed by atoms with Gasteiger partial charge in [-0.1, -0.05) is 18.2 Å². The molecule has 0 atom stereocenters. The number of hydrogen-bond acceptors (Lipinski definition) is 2. The van der Waals surface area contributed by atoms with Crippen molar-refractivity contribution < 1.29 is 9.53 Å². The second-order valence-electron chi connectivity index (χ2n) is 4.44. The van der Waals surface area contributed by atoms with Crippen molar-refractivity contribution in [3.05, 3.63) is 42.1 Å². The van der Waals surface area contributed by atoms with Crippen LogP contribution in [0.3, 0.4) is 0 Å². The molecule has 1 fully saturated rings. The summed E-state index contributed by atoms with van der Waals surface area (Å²) in [6.07, 6.45) is 3.63. The van der Waals surface area contributed by atoms with Gasteiger partial charge in [0.2, 0.25) is 0 Å². The predicted octanol–water partition coefficient (Wildman–Crippen LogP) is 2.92. The number of rotatable bonds is 3. The number of anilines is 1. The number of nitrogens with one attached hydrogen (secondary N) is 1. The second-order valence-corrected chi connectivity index (χ2v) is 4.44. The molecule has 102 valence electrons. The van der Waals surface area contributed by atoms with Crippen molar-refractivity contribution in [2.45, 2.75) is 19.8 Å². The second kappa shape index (κ2) is 6.95. The van der Waals surface area contributed by atoms with E-state index in [-0.39, 0.29) is 6.03 Å². The molecule has 0 radical (unpaired) electrons. The standard InChI is InChI=1S/C15H20N2O2/c1-2-17(14-6-4-3-5-7-14)15(18)16-12-13-8-10-19-11-9-13/h3-7,12H,2,8-11H2,1H3,(H,16,18). The molecular weight excluding hydrogens is 240 g/mol. The lowest BCUT2D eigenvalue weighted by Gasteiger charge is -2.21. The maximum absolute atomic E-state index is 12.2. The number of benzene rings is 1. The maximum Gasteiger partial charge on any atom is 0.325 e. The monoisotopic (exact) mass is 260 g/mol. The van der Waals surface area contributed by atoms with Crippen LogP contribution in [-0.2, 0) is 4.74 Å². The first-order valence-electron chi connectivity index (χ1n) is 6.70. The Labute approximate surface area is 114 Å². The van der Waals surface area contributed by atoms with Crippen molar-refractivity contribution in [3.63, 3.8) is 0 Å². The Balaban J connectivity index is 1.97. The Morgan fingerprint density at radius 3 is 2.63 bits per heavy atom. The van der Waals surface area contributed by atoms with Gasteiger partial charge < -0.3 is 10.1 Å². The highest BCUT2D eigenvalue weighted by Crippen LogP contribution is 2.14. The summed E-state index contributed by atoms with van der Waals surface area (Å²) in [5.41, 5.74) is 2.15. The van der Waals surface area contributed by atoms with E-state index in [9.17, 15) is 4.79 Å². The van der Waals surface area contributed by atoms with Crippen LogP contribution in [0.2, 0.25) is 0 Å². The van der Waals surface area contributed by atoms with Crippen LogP contribution < -0.4 is 10.2 Å². The van der Waals surface area contributed by atoms with Gasteiger partial charge in [0.05, 0.1) is 13.2 Å². The number of carbonyl (C=O) groups excluding carboxylic acids is 1. The van der Waals surface area contributed by atoms with Crippen LogP contribution in [0.5, 0.6) is 0 Å². The zero-order chi connectivity index (χ0) is 13.5. The molecule has 2 amide bonds. The Morgan fingerprint density at radius 1 is 1.32 bits per heavy atom. The third-order valence-electron chi connectivity index (χ3n) is 3.16. The quantitative estimate of drug-likeness (QED) is 0.908. The topological polar surface area (TPSA) is 41.6 Å². The van der Waals surface area contributed by atoms with Crippen molar-refractivity contribution >= 4 is 11.7 Å². The Bertz CT molecular complexity index is 435. The molecule has 1 aliphatic rings. The van der Waals surface area contributed by atoms with Crippen LogP contribution in [0.4, 0.5) is 10.5 Å². The van der Waals surface area contributed by atoms with E-state index >= 15 is 0 Å². The Hall–Kier alpha value is -1.81. The SMILES string of the molecule is CCN(C(=O)NC=C1CCOCC1)c1ccccc1. The number of amides is 2. The molecule has 0 spiro atoms. The van der Waals surface area contributed by atoms with Crippen LogP contribution in [0.1, 0.15) is 19.8 Å². The number of para-hydroxylation sites is 1. The molecule has 19 heavy (non-hydrogen) atoms. The molecule has 1 aromatic rings. The van der Waals surface area contributed by atoms with Gasteiger partial charge in [-0.15, -0.1) is 0 Å². The first kappa shape index (κ1) is 13.6. The van der Waals surface area contributed by atoms with Gasteiger partial charge in [-0.3, -0.25) is 4.90 Å². The molecule has 4 heteroatoms. The largest absolute Gasteiger partial charge is 0.381 e. The lowest BCUT2D eigenvalue weighted by molar-refractivity contribution is 0.119. The fraction of sp³-hybridized carbons (Fsp3) is 0.400. The smallest absolute Gasteiger partial charge is 0.325 e. The maximum atomic E-state index is 12.2. The van der Waals surface area contributed by atoms with Crippen LogP contribution in [0, 0.1) is 0 Å². The van der Waals surface area contributed by atoms with Gasteiger partial charge in [0.15, 0.2) is 0 Å². The van der Waals surface area contributed by atoms with Crippen molar-refractivity contribution in [1.29, 1.82) is 0 Å². The van der Waals surface area contributed by atoms with Gasteiger partial charge in [0.25, 0.3) is 0 Å². The van der Waals surface area contributed by atoms with E-state index in [1.54, 1.807) is 4.90 Å². The zero-order valence-electron chi connectivity index (χ0n) is 11.3. The molecule has 1 aromatic carbocycles.